The summed E-state index contributed by atoms with van der Waals surface area (Å²) in [5, 5.41) is 3.00. The van der Waals surface area contributed by atoms with Gasteiger partial charge in [-0.15, -0.1) is 0 Å². The third-order valence-corrected chi connectivity index (χ3v) is 3.25. The highest BCUT2D eigenvalue weighted by molar-refractivity contribution is 5.81. The molecule has 0 bridgehead atoms. The molecule has 0 aromatic carbocycles. The van der Waals surface area contributed by atoms with Crippen LogP contribution in [-0.4, -0.2) is 12.5 Å². The predicted molar refractivity (Wildman–Crippen MR) is 79.7 cm³/mol. The minimum atomic E-state index is -0.251. The Morgan fingerprint density at radius 1 is 0.833 bits per heavy atom. The molecule has 0 radical (unpaired) electrons. The standard InChI is InChI=1S/C16H33NO/c1-5-6-7-8-9-10-11-12-13-14-17-15(18)16(2,3)4/h5-14H2,1-4H3,(H,17,18). The molecular formula is C16H33NO. The van der Waals surface area contributed by atoms with Crippen LogP contribution in [0.5, 0.6) is 0 Å². The van der Waals surface area contributed by atoms with E-state index in [1.54, 1.807) is 0 Å². The molecule has 0 unspecified atom stereocenters. The summed E-state index contributed by atoms with van der Waals surface area (Å²) in [6.45, 7) is 8.97. The predicted octanol–water partition coefficient (Wildman–Crippen LogP) is 4.68. The molecule has 0 aliphatic rings. The number of unbranched alkanes of at least 4 members (excludes halogenated alkanes) is 8. The van der Waals surface area contributed by atoms with Crippen molar-refractivity contribution in [2.45, 2.75) is 85.5 Å². The summed E-state index contributed by atoms with van der Waals surface area (Å²) in [4.78, 5) is 11.6. The molecule has 0 aliphatic heterocycles. The normalized spacial score (nSPS) is 11.6. The number of carbonyl (C=O) groups excluding carboxylic acids is 1. The van der Waals surface area contributed by atoms with Crippen molar-refractivity contribution in [1.82, 2.24) is 5.32 Å². The maximum absolute atomic E-state index is 11.6. The van der Waals surface area contributed by atoms with Crippen molar-refractivity contribution >= 4 is 5.91 Å². The van der Waals surface area contributed by atoms with Gasteiger partial charge in [0.1, 0.15) is 0 Å². The zero-order chi connectivity index (χ0) is 13.9. The molecule has 1 N–H and O–H groups in total. The first-order valence-corrected chi connectivity index (χ1v) is 7.76. The molecule has 0 aromatic rings. The number of hydrogen-bond acceptors (Lipinski definition) is 1. The van der Waals surface area contributed by atoms with Crippen molar-refractivity contribution in [1.29, 1.82) is 0 Å². The molecule has 0 heterocycles. The van der Waals surface area contributed by atoms with Crippen LogP contribution in [0.1, 0.15) is 85.5 Å². The van der Waals surface area contributed by atoms with Crippen LogP contribution in [0, 0.1) is 5.41 Å². The fourth-order valence-electron chi connectivity index (χ4n) is 1.90. The zero-order valence-corrected chi connectivity index (χ0v) is 13.0. The molecule has 0 saturated carbocycles. The topological polar surface area (TPSA) is 29.1 Å². The molecule has 2 heteroatoms. The minimum Gasteiger partial charge on any atom is -0.356 e. The third kappa shape index (κ3) is 10.6. The highest BCUT2D eigenvalue weighted by atomic mass is 16.2. The first-order chi connectivity index (χ1) is 8.48. The van der Waals surface area contributed by atoms with Crippen LogP contribution in [0.2, 0.25) is 0 Å². The SMILES string of the molecule is CCCCCCCCCCCNC(=O)C(C)(C)C. The van der Waals surface area contributed by atoms with Crippen LogP contribution in [0.4, 0.5) is 0 Å². The van der Waals surface area contributed by atoms with Crippen molar-refractivity contribution in [3.05, 3.63) is 0 Å². The molecule has 18 heavy (non-hydrogen) atoms. The highest BCUT2D eigenvalue weighted by Crippen LogP contribution is 2.12. The molecule has 0 rings (SSSR count). The van der Waals surface area contributed by atoms with Gasteiger partial charge in [-0.3, -0.25) is 4.79 Å². The second-order valence-electron chi connectivity index (χ2n) is 6.33. The maximum Gasteiger partial charge on any atom is 0.225 e. The molecule has 0 aromatic heterocycles. The van der Waals surface area contributed by atoms with E-state index in [9.17, 15) is 4.79 Å². The Balaban J connectivity index is 3.19. The average molecular weight is 255 g/mol. The first-order valence-electron chi connectivity index (χ1n) is 7.76. The fourth-order valence-corrected chi connectivity index (χ4v) is 1.90. The maximum atomic E-state index is 11.6. The monoisotopic (exact) mass is 255 g/mol. The minimum absolute atomic E-state index is 0.169. The number of amides is 1. The molecule has 0 fully saturated rings. The number of hydrogen-bond donors (Lipinski definition) is 1. The Bertz CT molecular complexity index is 206. The Labute approximate surface area is 114 Å². The van der Waals surface area contributed by atoms with E-state index in [0.717, 1.165) is 13.0 Å². The van der Waals surface area contributed by atoms with Gasteiger partial charge in [0, 0.05) is 12.0 Å². The van der Waals surface area contributed by atoms with Crippen LogP contribution in [-0.2, 0) is 4.79 Å². The van der Waals surface area contributed by atoms with Gasteiger partial charge in [0.25, 0.3) is 0 Å². The van der Waals surface area contributed by atoms with E-state index in [-0.39, 0.29) is 11.3 Å². The van der Waals surface area contributed by atoms with E-state index >= 15 is 0 Å². The van der Waals surface area contributed by atoms with E-state index in [0.29, 0.717) is 0 Å². The van der Waals surface area contributed by atoms with E-state index in [1.807, 2.05) is 20.8 Å². The lowest BCUT2D eigenvalue weighted by Gasteiger charge is -2.17. The highest BCUT2D eigenvalue weighted by Gasteiger charge is 2.19. The van der Waals surface area contributed by atoms with E-state index < -0.39 is 0 Å². The van der Waals surface area contributed by atoms with Crippen LogP contribution >= 0.6 is 0 Å². The van der Waals surface area contributed by atoms with Crippen LogP contribution in [0.15, 0.2) is 0 Å². The zero-order valence-electron chi connectivity index (χ0n) is 13.0. The average Bonchev–Trinajstić information content (AvgIpc) is 2.30. The molecular weight excluding hydrogens is 222 g/mol. The second kappa shape index (κ2) is 10.4. The van der Waals surface area contributed by atoms with Gasteiger partial charge in [-0.25, -0.2) is 0 Å². The van der Waals surface area contributed by atoms with Crippen molar-refractivity contribution in [3.8, 4) is 0 Å². The molecule has 108 valence electrons. The molecule has 0 aliphatic carbocycles. The van der Waals surface area contributed by atoms with E-state index in [1.165, 1.54) is 51.4 Å². The van der Waals surface area contributed by atoms with Crippen LogP contribution in [0.25, 0.3) is 0 Å². The Morgan fingerprint density at radius 3 is 1.72 bits per heavy atom. The van der Waals surface area contributed by atoms with Crippen molar-refractivity contribution in [3.63, 3.8) is 0 Å². The summed E-state index contributed by atoms with van der Waals surface area (Å²) in [7, 11) is 0. The van der Waals surface area contributed by atoms with Crippen LogP contribution in [0.3, 0.4) is 0 Å². The van der Waals surface area contributed by atoms with Crippen molar-refractivity contribution in [2.75, 3.05) is 6.54 Å². The van der Waals surface area contributed by atoms with Gasteiger partial charge >= 0.3 is 0 Å². The van der Waals surface area contributed by atoms with Gasteiger partial charge in [0.15, 0.2) is 0 Å². The number of rotatable bonds is 10. The summed E-state index contributed by atoms with van der Waals surface area (Å²) in [5.41, 5.74) is -0.251. The Kier molecular flexibility index (Phi) is 10.1. The fraction of sp³-hybridized carbons (Fsp3) is 0.938. The summed E-state index contributed by atoms with van der Waals surface area (Å²) in [6, 6.07) is 0. The van der Waals surface area contributed by atoms with Gasteiger partial charge in [-0.2, -0.15) is 0 Å². The van der Waals surface area contributed by atoms with Crippen molar-refractivity contribution < 1.29 is 4.79 Å². The number of carbonyl (C=O) groups is 1. The lowest BCUT2D eigenvalue weighted by Crippen LogP contribution is -2.35. The smallest absolute Gasteiger partial charge is 0.225 e. The quantitative estimate of drug-likeness (QED) is 0.564. The van der Waals surface area contributed by atoms with Crippen LogP contribution < -0.4 is 5.32 Å². The van der Waals surface area contributed by atoms with Crippen molar-refractivity contribution in [2.24, 2.45) is 5.41 Å². The summed E-state index contributed by atoms with van der Waals surface area (Å²) >= 11 is 0. The first kappa shape index (κ1) is 17.5. The van der Waals surface area contributed by atoms with Gasteiger partial charge in [0.2, 0.25) is 5.91 Å². The van der Waals surface area contributed by atoms with Gasteiger partial charge < -0.3 is 5.32 Å². The summed E-state index contributed by atoms with van der Waals surface area (Å²) in [5.74, 6) is 0.169. The second-order valence-corrected chi connectivity index (χ2v) is 6.33. The summed E-state index contributed by atoms with van der Waals surface area (Å²) in [6.07, 6.45) is 11.9. The van der Waals surface area contributed by atoms with E-state index in [4.69, 9.17) is 0 Å². The van der Waals surface area contributed by atoms with E-state index in [2.05, 4.69) is 12.2 Å². The lowest BCUT2D eigenvalue weighted by molar-refractivity contribution is -0.128. The molecule has 0 saturated heterocycles. The molecule has 2 nitrogen and oxygen atoms in total. The third-order valence-electron chi connectivity index (χ3n) is 3.25. The summed E-state index contributed by atoms with van der Waals surface area (Å²) < 4.78 is 0. The number of nitrogens with one attached hydrogen (secondary N) is 1. The van der Waals surface area contributed by atoms with Gasteiger partial charge in [-0.1, -0.05) is 79.1 Å². The largest absolute Gasteiger partial charge is 0.356 e. The molecule has 0 spiro atoms. The Morgan fingerprint density at radius 2 is 1.28 bits per heavy atom. The Hall–Kier alpha value is -0.530. The molecule has 1 amide bonds. The molecule has 0 atom stereocenters. The van der Waals surface area contributed by atoms with Gasteiger partial charge in [-0.05, 0) is 6.42 Å². The van der Waals surface area contributed by atoms with Gasteiger partial charge in [0.05, 0.1) is 0 Å². The lowest BCUT2D eigenvalue weighted by atomic mass is 9.96.